The quantitative estimate of drug-likeness (QED) is 0.596. The van der Waals surface area contributed by atoms with Crippen LogP contribution in [0.1, 0.15) is 46.5 Å². The SMILES string of the molecule is CC(C)NC(C)(CCCCOCC1CCOC1)C(N)=O. The summed E-state index contributed by atoms with van der Waals surface area (Å²) in [6, 6.07) is 0.242. The van der Waals surface area contributed by atoms with Gasteiger partial charge >= 0.3 is 0 Å². The van der Waals surface area contributed by atoms with E-state index in [1.54, 1.807) is 0 Å². The Hall–Kier alpha value is -0.650. The Labute approximate surface area is 122 Å². The third-order valence-electron chi connectivity index (χ3n) is 3.74. The van der Waals surface area contributed by atoms with Crippen LogP contribution in [-0.4, -0.2) is 43.9 Å². The molecule has 0 aromatic rings. The molecule has 1 aliphatic heterocycles. The zero-order valence-electron chi connectivity index (χ0n) is 13.1. The minimum absolute atomic E-state index is 0.242. The highest BCUT2D eigenvalue weighted by Gasteiger charge is 2.30. The smallest absolute Gasteiger partial charge is 0.237 e. The van der Waals surface area contributed by atoms with Crippen LogP contribution in [0.5, 0.6) is 0 Å². The number of amides is 1. The molecule has 0 aromatic heterocycles. The van der Waals surface area contributed by atoms with Gasteiger partial charge in [0.1, 0.15) is 0 Å². The number of nitrogens with two attached hydrogens (primary N) is 1. The Morgan fingerprint density at radius 3 is 2.80 bits per heavy atom. The normalized spacial score (nSPS) is 22.1. The second-order valence-corrected chi connectivity index (χ2v) is 6.26. The molecule has 1 aliphatic rings. The molecule has 1 saturated heterocycles. The van der Waals surface area contributed by atoms with Gasteiger partial charge in [0, 0.05) is 25.2 Å². The molecule has 3 N–H and O–H groups in total. The first-order valence-electron chi connectivity index (χ1n) is 7.67. The first-order chi connectivity index (χ1) is 9.44. The Kier molecular flexibility index (Phi) is 7.48. The van der Waals surface area contributed by atoms with Crippen molar-refractivity contribution >= 4 is 5.91 Å². The molecule has 0 saturated carbocycles. The summed E-state index contributed by atoms with van der Waals surface area (Å²) in [5.41, 5.74) is 4.88. The van der Waals surface area contributed by atoms with E-state index < -0.39 is 5.54 Å². The molecule has 5 nitrogen and oxygen atoms in total. The predicted molar refractivity (Wildman–Crippen MR) is 79.5 cm³/mol. The zero-order chi connectivity index (χ0) is 15.0. The number of primary amides is 1. The van der Waals surface area contributed by atoms with E-state index in [1.807, 2.05) is 20.8 Å². The lowest BCUT2D eigenvalue weighted by molar-refractivity contribution is -0.124. The van der Waals surface area contributed by atoms with Gasteiger partial charge in [-0.25, -0.2) is 0 Å². The molecule has 20 heavy (non-hydrogen) atoms. The maximum atomic E-state index is 11.6. The molecule has 0 aliphatic carbocycles. The molecular weight excluding hydrogens is 256 g/mol. The molecule has 1 amide bonds. The van der Waals surface area contributed by atoms with Gasteiger partial charge in [0.2, 0.25) is 5.91 Å². The van der Waals surface area contributed by atoms with Crippen molar-refractivity contribution in [3.05, 3.63) is 0 Å². The van der Waals surface area contributed by atoms with Gasteiger partial charge in [-0.2, -0.15) is 0 Å². The highest BCUT2D eigenvalue weighted by atomic mass is 16.5. The molecule has 5 heteroatoms. The van der Waals surface area contributed by atoms with Crippen molar-refractivity contribution < 1.29 is 14.3 Å². The molecular formula is C15H30N2O3. The molecule has 1 rings (SSSR count). The lowest BCUT2D eigenvalue weighted by Crippen LogP contribution is -2.55. The van der Waals surface area contributed by atoms with Crippen LogP contribution in [0.15, 0.2) is 0 Å². The molecule has 118 valence electrons. The Morgan fingerprint density at radius 1 is 1.50 bits per heavy atom. The molecule has 1 heterocycles. The van der Waals surface area contributed by atoms with Crippen LogP contribution in [0.2, 0.25) is 0 Å². The molecule has 0 bridgehead atoms. The fraction of sp³-hybridized carbons (Fsp3) is 0.933. The number of unbranched alkanes of at least 4 members (excludes halogenated alkanes) is 1. The van der Waals surface area contributed by atoms with Gasteiger partial charge in [0.25, 0.3) is 0 Å². The molecule has 2 atom stereocenters. The van der Waals surface area contributed by atoms with Gasteiger partial charge in [0.05, 0.1) is 18.8 Å². The highest BCUT2D eigenvalue weighted by Crippen LogP contribution is 2.16. The maximum Gasteiger partial charge on any atom is 0.237 e. The van der Waals surface area contributed by atoms with Crippen molar-refractivity contribution in [3.8, 4) is 0 Å². The van der Waals surface area contributed by atoms with Crippen molar-refractivity contribution in [2.45, 2.75) is 58.0 Å². The van der Waals surface area contributed by atoms with E-state index in [1.165, 1.54) is 0 Å². The third-order valence-corrected chi connectivity index (χ3v) is 3.74. The number of nitrogens with one attached hydrogen (secondary N) is 1. The van der Waals surface area contributed by atoms with E-state index in [0.29, 0.717) is 5.92 Å². The van der Waals surface area contributed by atoms with E-state index in [9.17, 15) is 4.79 Å². The van der Waals surface area contributed by atoms with Crippen LogP contribution in [0.25, 0.3) is 0 Å². The average molecular weight is 286 g/mol. The van der Waals surface area contributed by atoms with Crippen LogP contribution in [0, 0.1) is 5.92 Å². The topological polar surface area (TPSA) is 73.6 Å². The van der Waals surface area contributed by atoms with Crippen molar-refractivity contribution in [2.75, 3.05) is 26.4 Å². The van der Waals surface area contributed by atoms with Gasteiger partial charge in [-0.05, 0) is 46.5 Å². The molecule has 0 aromatic carbocycles. The molecule has 0 radical (unpaired) electrons. The number of carbonyl (C=O) groups excluding carboxylic acids is 1. The van der Waals surface area contributed by atoms with Gasteiger partial charge < -0.3 is 20.5 Å². The summed E-state index contributed by atoms with van der Waals surface area (Å²) in [5, 5.41) is 3.26. The monoisotopic (exact) mass is 286 g/mol. The summed E-state index contributed by atoms with van der Waals surface area (Å²) in [6.45, 7) is 9.16. The third kappa shape index (κ3) is 6.20. The molecule has 2 unspecified atom stereocenters. The fourth-order valence-electron chi connectivity index (χ4n) is 2.55. The van der Waals surface area contributed by atoms with E-state index in [0.717, 1.165) is 52.1 Å². The summed E-state index contributed by atoms with van der Waals surface area (Å²) < 4.78 is 11.0. The lowest BCUT2D eigenvalue weighted by atomic mass is 9.93. The number of hydrogen-bond donors (Lipinski definition) is 2. The molecule has 1 fully saturated rings. The highest BCUT2D eigenvalue weighted by molar-refractivity contribution is 5.84. The number of hydrogen-bond acceptors (Lipinski definition) is 4. The standard InChI is InChI=1S/C15H30N2O3/c1-12(2)17-15(3,14(16)18)7-4-5-8-19-10-13-6-9-20-11-13/h12-13,17H,4-11H2,1-3H3,(H2,16,18). The number of rotatable bonds is 10. The second kappa shape index (κ2) is 8.60. The molecule has 0 spiro atoms. The van der Waals surface area contributed by atoms with Crippen LogP contribution >= 0.6 is 0 Å². The van der Waals surface area contributed by atoms with Gasteiger partial charge in [-0.1, -0.05) is 0 Å². The summed E-state index contributed by atoms with van der Waals surface area (Å²) in [7, 11) is 0. The summed E-state index contributed by atoms with van der Waals surface area (Å²) in [6.07, 6.45) is 3.74. The number of carbonyl (C=O) groups is 1. The van der Waals surface area contributed by atoms with Crippen molar-refractivity contribution in [2.24, 2.45) is 11.7 Å². The zero-order valence-corrected chi connectivity index (χ0v) is 13.1. The van der Waals surface area contributed by atoms with E-state index in [4.69, 9.17) is 15.2 Å². The van der Waals surface area contributed by atoms with Gasteiger partial charge in [-0.3, -0.25) is 4.79 Å². The van der Waals surface area contributed by atoms with Crippen LogP contribution in [0.3, 0.4) is 0 Å². The summed E-state index contributed by atoms with van der Waals surface area (Å²) >= 11 is 0. The van der Waals surface area contributed by atoms with E-state index >= 15 is 0 Å². The van der Waals surface area contributed by atoms with Crippen molar-refractivity contribution in [1.29, 1.82) is 0 Å². The van der Waals surface area contributed by atoms with Crippen molar-refractivity contribution in [1.82, 2.24) is 5.32 Å². The lowest BCUT2D eigenvalue weighted by Gasteiger charge is -2.29. The van der Waals surface area contributed by atoms with Crippen molar-refractivity contribution in [3.63, 3.8) is 0 Å². The van der Waals surface area contributed by atoms with Gasteiger partial charge in [0.15, 0.2) is 0 Å². The average Bonchev–Trinajstić information content (AvgIpc) is 2.85. The Bertz CT molecular complexity index is 291. The minimum Gasteiger partial charge on any atom is -0.381 e. The minimum atomic E-state index is -0.618. The largest absolute Gasteiger partial charge is 0.381 e. The van der Waals surface area contributed by atoms with E-state index in [-0.39, 0.29) is 11.9 Å². The first-order valence-corrected chi connectivity index (χ1v) is 7.67. The second-order valence-electron chi connectivity index (χ2n) is 6.26. The Balaban J connectivity index is 2.12. The summed E-state index contributed by atoms with van der Waals surface area (Å²) in [4.78, 5) is 11.6. The van der Waals surface area contributed by atoms with E-state index in [2.05, 4.69) is 5.32 Å². The van der Waals surface area contributed by atoms with Crippen LogP contribution < -0.4 is 11.1 Å². The fourth-order valence-corrected chi connectivity index (χ4v) is 2.55. The Morgan fingerprint density at radius 2 is 2.25 bits per heavy atom. The van der Waals surface area contributed by atoms with Gasteiger partial charge in [-0.15, -0.1) is 0 Å². The first kappa shape index (κ1) is 17.4. The predicted octanol–water partition coefficient (Wildman–Crippen LogP) is 1.45. The maximum absolute atomic E-state index is 11.6. The van der Waals surface area contributed by atoms with Crippen LogP contribution in [0.4, 0.5) is 0 Å². The number of ether oxygens (including phenoxy) is 2. The van der Waals surface area contributed by atoms with Crippen LogP contribution in [-0.2, 0) is 14.3 Å². The summed E-state index contributed by atoms with van der Waals surface area (Å²) in [5.74, 6) is 0.281.